The predicted molar refractivity (Wildman–Crippen MR) is 105 cm³/mol. The van der Waals surface area contributed by atoms with Gasteiger partial charge in [0.05, 0.1) is 21.1 Å². The molecule has 0 fully saturated rings. The molecular formula is C22H40NO+. The summed E-state index contributed by atoms with van der Waals surface area (Å²) in [6.07, 6.45) is 14.1. The van der Waals surface area contributed by atoms with Crippen molar-refractivity contribution in [3.63, 3.8) is 0 Å². The molecular weight excluding hydrogens is 294 g/mol. The van der Waals surface area contributed by atoms with Gasteiger partial charge in [-0.3, -0.25) is 4.48 Å². The second-order valence-electron chi connectivity index (χ2n) is 8.13. The molecule has 2 nitrogen and oxygen atoms in total. The summed E-state index contributed by atoms with van der Waals surface area (Å²) >= 11 is 0. The van der Waals surface area contributed by atoms with E-state index in [0.717, 1.165) is 18.4 Å². The van der Waals surface area contributed by atoms with Gasteiger partial charge in [0.15, 0.2) is 0 Å². The number of aliphatic hydroxyl groups is 1. The number of rotatable bonds is 13. The van der Waals surface area contributed by atoms with Crippen LogP contribution in [0.5, 0.6) is 0 Å². The molecule has 1 aromatic rings. The van der Waals surface area contributed by atoms with Crippen molar-refractivity contribution in [2.75, 3.05) is 21.1 Å². The number of hydrogen-bond acceptors (Lipinski definition) is 1. The molecule has 0 radical (unpaired) electrons. The van der Waals surface area contributed by atoms with Crippen molar-refractivity contribution in [3.8, 4) is 0 Å². The van der Waals surface area contributed by atoms with Crippen molar-refractivity contribution < 1.29 is 9.59 Å². The molecule has 0 aromatic heterocycles. The molecule has 1 N–H and O–H groups in total. The Kier molecular flexibility index (Phi) is 9.61. The minimum absolute atomic E-state index is 0.550. The zero-order valence-corrected chi connectivity index (χ0v) is 16.6. The number of quaternary nitrogens is 1. The van der Waals surface area contributed by atoms with Crippen molar-refractivity contribution >= 4 is 0 Å². The van der Waals surface area contributed by atoms with E-state index in [1.54, 1.807) is 0 Å². The van der Waals surface area contributed by atoms with Gasteiger partial charge in [-0.1, -0.05) is 95.0 Å². The topological polar surface area (TPSA) is 20.2 Å². The number of nitrogens with zero attached hydrogens (tertiary/aromatic N) is 1. The maximum atomic E-state index is 11.3. The van der Waals surface area contributed by atoms with E-state index in [1.165, 1.54) is 57.8 Å². The van der Waals surface area contributed by atoms with Crippen LogP contribution < -0.4 is 0 Å². The summed E-state index contributed by atoms with van der Waals surface area (Å²) in [6.45, 7) is 2.27. The first-order valence-electron chi connectivity index (χ1n) is 10.0. The van der Waals surface area contributed by atoms with Gasteiger partial charge in [-0.05, 0) is 6.42 Å². The van der Waals surface area contributed by atoms with Gasteiger partial charge >= 0.3 is 0 Å². The molecule has 0 bridgehead atoms. The van der Waals surface area contributed by atoms with Crippen LogP contribution in [0.4, 0.5) is 0 Å². The fraction of sp³-hybridized carbons (Fsp3) is 0.727. The van der Waals surface area contributed by atoms with E-state index in [2.05, 4.69) is 40.2 Å². The molecule has 0 aliphatic heterocycles. The van der Waals surface area contributed by atoms with E-state index in [-0.39, 0.29) is 0 Å². The average Bonchev–Trinajstić information content (AvgIpc) is 2.56. The first-order chi connectivity index (χ1) is 11.4. The summed E-state index contributed by atoms with van der Waals surface area (Å²) in [7, 11) is 6.26. The van der Waals surface area contributed by atoms with Crippen molar-refractivity contribution in [1.82, 2.24) is 0 Å². The highest BCUT2D eigenvalue weighted by molar-refractivity contribution is 5.19. The highest BCUT2D eigenvalue weighted by Crippen LogP contribution is 2.33. The molecule has 0 saturated carbocycles. The van der Waals surface area contributed by atoms with Gasteiger partial charge in [-0.15, -0.1) is 0 Å². The van der Waals surface area contributed by atoms with Crippen molar-refractivity contribution in [1.29, 1.82) is 0 Å². The molecule has 1 atom stereocenters. The first-order valence-corrected chi connectivity index (χ1v) is 10.0. The van der Waals surface area contributed by atoms with E-state index in [9.17, 15) is 5.11 Å². The summed E-state index contributed by atoms with van der Waals surface area (Å²) in [4.78, 5) is 0. The fourth-order valence-corrected chi connectivity index (χ4v) is 3.43. The zero-order chi connectivity index (χ0) is 17.9. The lowest BCUT2D eigenvalue weighted by molar-refractivity contribution is -0.960. The maximum Gasteiger partial charge on any atom is 0.226 e. The Bertz CT molecular complexity index is 423. The second-order valence-corrected chi connectivity index (χ2v) is 8.13. The number of hydrogen-bond donors (Lipinski definition) is 1. The Balaban J connectivity index is 2.30. The Morgan fingerprint density at radius 3 is 1.67 bits per heavy atom. The predicted octanol–water partition coefficient (Wildman–Crippen LogP) is 5.85. The monoisotopic (exact) mass is 334 g/mol. The molecule has 0 aliphatic carbocycles. The van der Waals surface area contributed by atoms with Crippen LogP contribution in [0, 0.1) is 0 Å². The third-order valence-corrected chi connectivity index (χ3v) is 5.22. The summed E-state index contributed by atoms with van der Waals surface area (Å²) in [6, 6.07) is 10.2. The molecule has 0 spiro atoms. The van der Waals surface area contributed by atoms with Crippen molar-refractivity contribution in [2.45, 2.75) is 83.3 Å². The Morgan fingerprint density at radius 1 is 0.750 bits per heavy atom. The molecule has 0 amide bonds. The van der Waals surface area contributed by atoms with Crippen LogP contribution in [0.3, 0.4) is 0 Å². The number of unbranched alkanes of at least 4 members (excludes halogenated alkanes) is 9. The van der Waals surface area contributed by atoms with Gasteiger partial charge in [-0.2, -0.15) is 0 Å². The molecule has 1 unspecified atom stereocenters. The van der Waals surface area contributed by atoms with Crippen molar-refractivity contribution in [3.05, 3.63) is 35.9 Å². The summed E-state index contributed by atoms with van der Waals surface area (Å²) < 4.78 is 0.550. The summed E-state index contributed by atoms with van der Waals surface area (Å²) in [5, 5.41) is 11.3. The van der Waals surface area contributed by atoms with E-state index >= 15 is 0 Å². The van der Waals surface area contributed by atoms with Crippen molar-refractivity contribution in [2.24, 2.45) is 0 Å². The van der Waals surface area contributed by atoms with Crippen LogP contribution in [-0.4, -0.2) is 30.7 Å². The average molecular weight is 335 g/mol. The normalized spacial score (nSPS) is 14.5. The van der Waals surface area contributed by atoms with Gasteiger partial charge in [0.1, 0.15) is 0 Å². The standard InChI is InChI=1S/C22H40NO/c1-5-6-7-8-9-10-11-12-13-17-20-22(24,23(2,3)4)21-18-15-14-16-19-21/h14-16,18-19,24H,5-13,17,20H2,1-4H3/q+1. The lowest BCUT2D eigenvalue weighted by Crippen LogP contribution is -2.54. The molecule has 0 saturated heterocycles. The molecule has 1 aromatic carbocycles. The molecule has 24 heavy (non-hydrogen) atoms. The lowest BCUT2D eigenvalue weighted by atomic mass is 9.93. The molecule has 138 valence electrons. The van der Waals surface area contributed by atoms with Gasteiger partial charge in [-0.25, -0.2) is 0 Å². The van der Waals surface area contributed by atoms with Crippen LogP contribution >= 0.6 is 0 Å². The van der Waals surface area contributed by atoms with Gasteiger partial charge in [0.2, 0.25) is 5.72 Å². The molecule has 0 aliphatic rings. The van der Waals surface area contributed by atoms with E-state index in [4.69, 9.17) is 0 Å². The third-order valence-electron chi connectivity index (χ3n) is 5.22. The molecule has 0 heterocycles. The largest absolute Gasteiger partial charge is 0.339 e. The quantitative estimate of drug-likeness (QED) is 0.272. The Morgan fingerprint density at radius 2 is 1.21 bits per heavy atom. The SMILES string of the molecule is CCCCCCCCCCCCC(O)(c1ccccc1)[N+](C)(C)C. The fourth-order valence-electron chi connectivity index (χ4n) is 3.43. The second kappa shape index (κ2) is 10.9. The Hall–Kier alpha value is -0.860. The first kappa shape index (κ1) is 21.2. The number of benzene rings is 1. The molecule has 1 rings (SSSR count). The van der Waals surface area contributed by atoms with Crippen LogP contribution in [0.25, 0.3) is 0 Å². The highest BCUT2D eigenvalue weighted by Gasteiger charge is 2.41. The third kappa shape index (κ3) is 6.94. The Labute approximate surface area is 150 Å². The van der Waals surface area contributed by atoms with Crippen LogP contribution in [0.1, 0.15) is 83.1 Å². The van der Waals surface area contributed by atoms with Gasteiger partial charge < -0.3 is 5.11 Å². The lowest BCUT2D eigenvalue weighted by Gasteiger charge is -2.42. The van der Waals surface area contributed by atoms with Gasteiger partial charge in [0.25, 0.3) is 0 Å². The van der Waals surface area contributed by atoms with Gasteiger partial charge in [0, 0.05) is 12.0 Å². The van der Waals surface area contributed by atoms with E-state index in [1.807, 2.05) is 18.2 Å². The van der Waals surface area contributed by atoms with Crippen LogP contribution in [0.2, 0.25) is 0 Å². The maximum absolute atomic E-state index is 11.3. The van der Waals surface area contributed by atoms with Crippen LogP contribution in [0.15, 0.2) is 30.3 Å². The minimum atomic E-state index is -0.790. The van der Waals surface area contributed by atoms with E-state index in [0.29, 0.717) is 4.48 Å². The summed E-state index contributed by atoms with van der Waals surface area (Å²) in [5.41, 5.74) is 0.245. The highest BCUT2D eigenvalue weighted by atomic mass is 16.3. The minimum Gasteiger partial charge on any atom is -0.339 e. The molecule has 2 heteroatoms. The summed E-state index contributed by atoms with van der Waals surface area (Å²) in [5.74, 6) is 0. The van der Waals surface area contributed by atoms with E-state index < -0.39 is 5.72 Å². The zero-order valence-electron chi connectivity index (χ0n) is 16.6. The smallest absolute Gasteiger partial charge is 0.226 e. The van der Waals surface area contributed by atoms with Crippen LogP contribution in [-0.2, 0) is 5.72 Å².